The van der Waals surface area contributed by atoms with E-state index in [-0.39, 0.29) is 5.92 Å². The number of aromatic nitrogens is 2. The number of nitriles is 1. The van der Waals surface area contributed by atoms with E-state index in [1.165, 1.54) is 6.33 Å². The molecule has 0 unspecified atom stereocenters. The highest BCUT2D eigenvalue weighted by Gasteiger charge is 2.14. The molecule has 0 aliphatic rings. The van der Waals surface area contributed by atoms with Crippen molar-refractivity contribution in [3.63, 3.8) is 0 Å². The first-order valence-corrected chi connectivity index (χ1v) is 6.69. The number of nitrogens with zero attached hydrogens (tertiary/aromatic N) is 3. The van der Waals surface area contributed by atoms with Crippen molar-refractivity contribution in [1.29, 1.82) is 5.26 Å². The molecule has 0 bridgehead atoms. The van der Waals surface area contributed by atoms with Gasteiger partial charge < -0.3 is 5.32 Å². The van der Waals surface area contributed by atoms with Crippen LogP contribution < -0.4 is 5.32 Å². The highest BCUT2D eigenvalue weighted by atomic mass is 35.5. The Kier molecular flexibility index (Phi) is 4.21. The van der Waals surface area contributed by atoms with Crippen LogP contribution in [0.1, 0.15) is 36.5 Å². The number of benzene rings is 1. The van der Waals surface area contributed by atoms with Crippen LogP contribution in [0.25, 0.3) is 0 Å². The summed E-state index contributed by atoms with van der Waals surface area (Å²) in [5.41, 5.74) is 3.36. The molecule has 0 spiro atoms. The first-order chi connectivity index (χ1) is 9.52. The maximum absolute atomic E-state index is 8.98. The molecule has 102 valence electrons. The summed E-state index contributed by atoms with van der Waals surface area (Å²) < 4.78 is 0. The van der Waals surface area contributed by atoms with Gasteiger partial charge in [0.2, 0.25) is 0 Å². The molecular weight excluding hydrogens is 272 g/mol. The molecule has 2 aromatic rings. The van der Waals surface area contributed by atoms with Gasteiger partial charge in [-0.15, -0.1) is 0 Å². The van der Waals surface area contributed by atoms with E-state index < -0.39 is 0 Å². The molecule has 1 heterocycles. The quantitative estimate of drug-likeness (QED) is 0.860. The number of hydrogen-bond acceptors (Lipinski definition) is 4. The lowest BCUT2D eigenvalue weighted by atomic mass is 10.1. The van der Waals surface area contributed by atoms with Crippen molar-refractivity contribution in [2.24, 2.45) is 0 Å². The van der Waals surface area contributed by atoms with E-state index in [0.29, 0.717) is 16.5 Å². The van der Waals surface area contributed by atoms with Gasteiger partial charge in [0.05, 0.1) is 11.6 Å². The van der Waals surface area contributed by atoms with E-state index >= 15 is 0 Å². The molecule has 1 N–H and O–H groups in total. The Morgan fingerprint density at radius 3 is 2.70 bits per heavy atom. The Hall–Kier alpha value is -2.12. The van der Waals surface area contributed by atoms with Gasteiger partial charge in [0.15, 0.2) is 0 Å². The van der Waals surface area contributed by atoms with Crippen LogP contribution in [0.3, 0.4) is 0 Å². The second-order valence-electron chi connectivity index (χ2n) is 4.85. The largest absolute Gasteiger partial charge is 0.340 e. The van der Waals surface area contributed by atoms with Crippen molar-refractivity contribution in [1.82, 2.24) is 9.97 Å². The van der Waals surface area contributed by atoms with Gasteiger partial charge in [-0.1, -0.05) is 31.5 Å². The molecule has 0 fully saturated rings. The zero-order valence-electron chi connectivity index (χ0n) is 11.6. The number of rotatable bonds is 3. The number of nitrogens with one attached hydrogen (secondary N) is 1. The van der Waals surface area contributed by atoms with Gasteiger partial charge in [-0.2, -0.15) is 5.26 Å². The lowest BCUT2D eigenvalue weighted by Gasteiger charge is -2.15. The number of hydrogen-bond donors (Lipinski definition) is 1. The van der Waals surface area contributed by atoms with Crippen LogP contribution in [0.4, 0.5) is 11.5 Å². The van der Waals surface area contributed by atoms with Crippen LogP contribution in [-0.4, -0.2) is 9.97 Å². The molecular formula is C15H15ClN4. The van der Waals surface area contributed by atoms with Crippen molar-refractivity contribution in [2.45, 2.75) is 26.7 Å². The van der Waals surface area contributed by atoms with E-state index in [0.717, 1.165) is 16.8 Å². The summed E-state index contributed by atoms with van der Waals surface area (Å²) in [5.74, 6) is 0.879. The fourth-order valence-electron chi connectivity index (χ4n) is 1.94. The Bertz CT molecular complexity index is 674. The Labute approximate surface area is 123 Å². The van der Waals surface area contributed by atoms with Crippen LogP contribution in [0.15, 0.2) is 24.5 Å². The molecule has 1 aromatic heterocycles. The van der Waals surface area contributed by atoms with Crippen molar-refractivity contribution < 1.29 is 0 Å². The van der Waals surface area contributed by atoms with Crippen molar-refractivity contribution >= 4 is 23.1 Å². The Morgan fingerprint density at radius 1 is 1.30 bits per heavy atom. The van der Waals surface area contributed by atoms with E-state index in [1.54, 1.807) is 12.1 Å². The van der Waals surface area contributed by atoms with Crippen LogP contribution in [0.5, 0.6) is 0 Å². The fourth-order valence-corrected chi connectivity index (χ4v) is 2.29. The summed E-state index contributed by atoms with van der Waals surface area (Å²) in [4.78, 5) is 8.28. The van der Waals surface area contributed by atoms with Crippen LogP contribution in [-0.2, 0) is 0 Å². The molecule has 0 aliphatic carbocycles. The Morgan fingerprint density at radius 2 is 2.05 bits per heavy atom. The van der Waals surface area contributed by atoms with Gasteiger partial charge in [0, 0.05) is 11.3 Å². The van der Waals surface area contributed by atoms with Crippen molar-refractivity contribution in [3.05, 3.63) is 46.4 Å². The topological polar surface area (TPSA) is 61.6 Å². The highest BCUT2D eigenvalue weighted by molar-refractivity contribution is 6.30. The smallest absolute Gasteiger partial charge is 0.138 e. The van der Waals surface area contributed by atoms with Gasteiger partial charge in [0.25, 0.3) is 0 Å². The molecule has 5 heteroatoms. The Balaban J connectivity index is 2.45. The van der Waals surface area contributed by atoms with E-state index in [2.05, 4.69) is 21.4 Å². The molecule has 0 atom stereocenters. The second kappa shape index (κ2) is 5.89. The van der Waals surface area contributed by atoms with Crippen LogP contribution in [0, 0.1) is 18.3 Å². The zero-order chi connectivity index (χ0) is 14.7. The molecule has 20 heavy (non-hydrogen) atoms. The first kappa shape index (κ1) is 14.3. The minimum absolute atomic E-state index is 0.200. The van der Waals surface area contributed by atoms with Crippen LogP contribution >= 0.6 is 11.6 Å². The summed E-state index contributed by atoms with van der Waals surface area (Å²) in [6.07, 6.45) is 1.43. The number of halogens is 1. The SMILES string of the molecule is Cc1ccc(C#N)cc1Nc1ncnc(Cl)c1C(C)C. The van der Waals surface area contributed by atoms with E-state index in [4.69, 9.17) is 16.9 Å². The molecule has 4 nitrogen and oxygen atoms in total. The van der Waals surface area contributed by atoms with Gasteiger partial charge in [-0.05, 0) is 30.5 Å². The summed E-state index contributed by atoms with van der Waals surface area (Å²) in [6, 6.07) is 7.62. The molecule has 0 radical (unpaired) electrons. The average Bonchev–Trinajstić information content (AvgIpc) is 2.41. The van der Waals surface area contributed by atoms with Gasteiger partial charge in [-0.25, -0.2) is 9.97 Å². The minimum atomic E-state index is 0.200. The summed E-state index contributed by atoms with van der Waals surface area (Å²) in [6.45, 7) is 6.05. The third kappa shape index (κ3) is 2.89. The highest BCUT2D eigenvalue weighted by Crippen LogP contribution is 2.31. The average molecular weight is 287 g/mol. The molecule has 1 aromatic carbocycles. The molecule has 0 saturated heterocycles. The maximum Gasteiger partial charge on any atom is 0.138 e. The lowest BCUT2D eigenvalue weighted by Crippen LogP contribution is -2.04. The lowest BCUT2D eigenvalue weighted by molar-refractivity contribution is 0.850. The standard InChI is InChI=1S/C15H15ClN4/c1-9(2)13-14(16)18-8-19-15(13)20-12-6-11(7-17)5-4-10(12)3/h4-6,8-9H,1-3H3,(H,18,19,20). The monoisotopic (exact) mass is 286 g/mol. The molecule has 0 amide bonds. The maximum atomic E-state index is 8.98. The van der Waals surface area contributed by atoms with Crippen LogP contribution in [0.2, 0.25) is 5.15 Å². The predicted molar refractivity (Wildman–Crippen MR) is 80.3 cm³/mol. The summed E-state index contributed by atoms with van der Waals surface area (Å²) >= 11 is 6.15. The third-order valence-corrected chi connectivity index (χ3v) is 3.33. The molecule has 0 saturated carbocycles. The van der Waals surface area contributed by atoms with Gasteiger partial charge in [-0.3, -0.25) is 0 Å². The summed E-state index contributed by atoms with van der Waals surface area (Å²) in [7, 11) is 0. The normalized spacial score (nSPS) is 10.4. The second-order valence-corrected chi connectivity index (χ2v) is 5.21. The number of anilines is 2. The van der Waals surface area contributed by atoms with E-state index in [9.17, 15) is 0 Å². The first-order valence-electron chi connectivity index (χ1n) is 6.31. The van der Waals surface area contributed by atoms with Crippen molar-refractivity contribution in [3.8, 4) is 6.07 Å². The van der Waals surface area contributed by atoms with E-state index in [1.807, 2.05) is 26.8 Å². The predicted octanol–water partition coefficient (Wildman–Crippen LogP) is 4.18. The van der Waals surface area contributed by atoms with Gasteiger partial charge in [0.1, 0.15) is 17.3 Å². The number of aryl methyl sites for hydroxylation is 1. The molecule has 0 aliphatic heterocycles. The van der Waals surface area contributed by atoms with Crippen molar-refractivity contribution in [2.75, 3.05) is 5.32 Å². The summed E-state index contributed by atoms with van der Waals surface area (Å²) in [5, 5.41) is 12.7. The zero-order valence-corrected chi connectivity index (χ0v) is 12.4. The molecule has 2 rings (SSSR count). The fraction of sp³-hybridized carbons (Fsp3) is 0.267. The van der Waals surface area contributed by atoms with Gasteiger partial charge >= 0.3 is 0 Å². The minimum Gasteiger partial charge on any atom is -0.340 e. The third-order valence-electron chi connectivity index (χ3n) is 3.03.